The molecular formula is C6H7NO7. The molecule has 0 bridgehead atoms. The lowest BCUT2D eigenvalue weighted by atomic mass is 10.2. The second-order valence-corrected chi connectivity index (χ2v) is 2.50. The lowest BCUT2D eigenvalue weighted by Crippen LogP contribution is -2.38. The highest BCUT2D eigenvalue weighted by molar-refractivity contribution is 5.91. The van der Waals surface area contributed by atoms with E-state index in [4.69, 9.17) is 15.9 Å². The molecule has 2 unspecified atom stereocenters. The van der Waals surface area contributed by atoms with Crippen molar-refractivity contribution in [2.45, 2.75) is 18.5 Å². The SMILES string of the molecule is NC(=O)C1OC(=O)C(O)C(O)C(=O)O1. The molecule has 8 nitrogen and oxygen atoms in total. The van der Waals surface area contributed by atoms with Gasteiger partial charge in [-0.2, -0.15) is 0 Å². The lowest BCUT2D eigenvalue weighted by Gasteiger charge is -2.10. The van der Waals surface area contributed by atoms with Crippen LogP contribution in [0.5, 0.6) is 0 Å². The molecule has 1 heterocycles. The molecule has 0 radical (unpaired) electrons. The quantitative estimate of drug-likeness (QED) is 0.380. The van der Waals surface area contributed by atoms with Gasteiger partial charge in [0.1, 0.15) is 0 Å². The minimum Gasteiger partial charge on any atom is -0.414 e. The average molecular weight is 205 g/mol. The third-order valence-corrected chi connectivity index (χ3v) is 1.46. The molecule has 1 saturated heterocycles. The summed E-state index contributed by atoms with van der Waals surface area (Å²) in [5, 5.41) is 17.8. The summed E-state index contributed by atoms with van der Waals surface area (Å²) in [5.74, 6) is -3.92. The minimum atomic E-state index is -2.08. The van der Waals surface area contributed by atoms with Crippen molar-refractivity contribution >= 4 is 17.8 Å². The summed E-state index contributed by atoms with van der Waals surface area (Å²) >= 11 is 0. The van der Waals surface area contributed by atoms with Gasteiger partial charge in [0.25, 0.3) is 5.91 Å². The first-order chi connectivity index (χ1) is 6.43. The van der Waals surface area contributed by atoms with Gasteiger partial charge in [-0.15, -0.1) is 0 Å². The summed E-state index contributed by atoms with van der Waals surface area (Å²) < 4.78 is 8.32. The summed E-state index contributed by atoms with van der Waals surface area (Å²) in [6.07, 6.45) is -6.07. The van der Waals surface area contributed by atoms with Crippen LogP contribution in [0.2, 0.25) is 0 Å². The molecule has 4 N–H and O–H groups in total. The minimum absolute atomic E-state index is 1.21. The first-order valence-electron chi connectivity index (χ1n) is 3.50. The highest BCUT2D eigenvalue weighted by Gasteiger charge is 2.41. The maximum Gasteiger partial charge on any atom is 0.341 e. The number of hydrogen-bond donors (Lipinski definition) is 3. The van der Waals surface area contributed by atoms with Crippen molar-refractivity contribution in [3.05, 3.63) is 0 Å². The number of aliphatic hydroxyl groups excluding tert-OH is 2. The molecular weight excluding hydrogens is 198 g/mol. The Labute approximate surface area is 77.2 Å². The Morgan fingerprint density at radius 2 is 1.50 bits per heavy atom. The van der Waals surface area contributed by atoms with Crippen molar-refractivity contribution < 1.29 is 34.1 Å². The number of hydrogen-bond acceptors (Lipinski definition) is 7. The van der Waals surface area contributed by atoms with Gasteiger partial charge in [0.05, 0.1) is 0 Å². The Balaban J connectivity index is 2.88. The van der Waals surface area contributed by atoms with E-state index in [2.05, 4.69) is 9.47 Å². The van der Waals surface area contributed by atoms with Crippen LogP contribution in [0.1, 0.15) is 0 Å². The summed E-state index contributed by atoms with van der Waals surface area (Å²) in [5.41, 5.74) is 4.70. The zero-order valence-corrected chi connectivity index (χ0v) is 6.75. The lowest BCUT2D eigenvalue weighted by molar-refractivity contribution is -0.187. The van der Waals surface area contributed by atoms with Crippen molar-refractivity contribution in [2.75, 3.05) is 0 Å². The van der Waals surface area contributed by atoms with Crippen LogP contribution in [0, 0.1) is 0 Å². The molecule has 1 aliphatic rings. The van der Waals surface area contributed by atoms with Crippen LogP contribution >= 0.6 is 0 Å². The summed E-state index contributed by atoms with van der Waals surface area (Å²) in [4.78, 5) is 32.1. The number of carbonyl (C=O) groups excluding carboxylic acids is 3. The number of rotatable bonds is 1. The van der Waals surface area contributed by atoms with Gasteiger partial charge in [0, 0.05) is 0 Å². The number of carbonyl (C=O) groups is 3. The number of amides is 1. The van der Waals surface area contributed by atoms with Gasteiger partial charge in [-0.1, -0.05) is 0 Å². The Kier molecular flexibility index (Phi) is 2.68. The second kappa shape index (κ2) is 3.60. The molecule has 0 aromatic heterocycles. The van der Waals surface area contributed by atoms with E-state index in [1.54, 1.807) is 0 Å². The fraction of sp³-hybridized carbons (Fsp3) is 0.500. The van der Waals surface area contributed by atoms with Crippen LogP contribution in [0.15, 0.2) is 0 Å². The molecule has 0 aromatic rings. The number of aliphatic hydroxyl groups is 2. The zero-order valence-electron chi connectivity index (χ0n) is 6.75. The number of nitrogens with two attached hydrogens (primary N) is 1. The maximum absolute atomic E-state index is 10.8. The monoisotopic (exact) mass is 205 g/mol. The highest BCUT2D eigenvalue weighted by atomic mass is 16.7. The number of cyclic esters (lactones) is 2. The van der Waals surface area contributed by atoms with Crippen LogP contribution in [0.3, 0.4) is 0 Å². The van der Waals surface area contributed by atoms with Crippen molar-refractivity contribution in [1.29, 1.82) is 0 Å². The van der Waals surface area contributed by atoms with Crippen molar-refractivity contribution in [3.63, 3.8) is 0 Å². The summed E-state index contributed by atoms with van der Waals surface area (Å²) in [6.45, 7) is 0. The Morgan fingerprint density at radius 1 is 1.14 bits per heavy atom. The van der Waals surface area contributed by atoms with Gasteiger partial charge in [-0.05, 0) is 0 Å². The van der Waals surface area contributed by atoms with Crippen LogP contribution in [-0.2, 0) is 23.9 Å². The summed E-state index contributed by atoms with van der Waals surface area (Å²) in [6, 6.07) is 0. The molecule has 2 atom stereocenters. The summed E-state index contributed by atoms with van der Waals surface area (Å²) in [7, 11) is 0. The topological polar surface area (TPSA) is 136 Å². The predicted octanol–water partition coefficient (Wildman–Crippen LogP) is -3.38. The molecule has 0 aliphatic carbocycles. The Hall–Kier alpha value is -1.67. The molecule has 1 fully saturated rings. The third kappa shape index (κ3) is 1.80. The smallest absolute Gasteiger partial charge is 0.341 e. The molecule has 0 spiro atoms. The van der Waals surface area contributed by atoms with Crippen LogP contribution in [-0.4, -0.2) is 46.6 Å². The average Bonchev–Trinajstić information content (AvgIpc) is 2.20. The number of ether oxygens (including phenoxy) is 2. The van der Waals surface area contributed by atoms with E-state index in [1.807, 2.05) is 0 Å². The first-order valence-corrected chi connectivity index (χ1v) is 3.50. The van der Waals surface area contributed by atoms with Crippen LogP contribution in [0.25, 0.3) is 0 Å². The van der Waals surface area contributed by atoms with E-state index in [-0.39, 0.29) is 0 Å². The third-order valence-electron chi connectivity index (χ3n) is 1.46. The van der Waals surface area contributed by atoms with Gasteiger partial charge in [0.2, 0.25) is 0 Å². The van der Waals surface area contributed by atoms with Crippen molar-refractivity contribution in [2.24, 2.45) is 5.73 Å². The molecule has 0 aromatic carbocycles. The maximum atomic E-state index is 10.8. The predicted molar refractivity (Wildman–Crippen MR) is 37.2 cm³/mol. The fourth-order valence-corrected chi connectivity index (χ4v) is 0.748. The molecule has 1 rings (SSSR count). The standard InChI is InChI=1S/C6H7NO7/c7-3(10)6-13-4(11)1(8)2(9)5(12)14-6/h1-2,6,8-9H,(H2,7,10). The van der Waals surface area contributed by atoms with E-state index in [0.29, 0.717) is 0 Å². The fourth-order valence-electron chi connectivity index (χ4n) is 0.748. The van der Waals surface area contributed by atoms with Gasteiger partial charge in [-0.3, -0.25) is 4.79 Å². The zero-order chi connectivity index (χ0) is 10.9. The highest BCUT2D eigenvalue weighted by Crippen LogP contribution is 2.09. The molecule has 1 amide bonds. The van der Waals surface area contributed by atoms with Gasteiger partial charge in [0.15, 0.2) is 12.2 Å². The number of esters is 2. The normalized spacial score (nSPS) is 32.9. The van der Waals surface area contributed by atoms with Crippen LogP contribution < -0.4 is 5.73 Å². The van der Waals surface area contributed by atoms with E-state index >= 15 is 0 Å². The van der Waals surface area contributed by atoms with Gasteiger partial charge in [-0.25, -0.2) is 9.59 Å². The van der Waals surface area contributed by atoms with E-state index in [9.17, 15) is 14.4 Å². The van der Waals surface area contributed by atoms with E-state index in [0.717, 1.165) is 0 Å². The van der Waals surface area contributed by atoms with Crippen molar-refractivity contribution in [3.8, 4) is 0 Å². The first kappa shape index (κ1) is 10.4. The van der Waals surface area contributed by atoms with E-state index < -0.39 is 36.3 Å². The van der Waals surface area contributed by atoms with E-state index in [1.165, 1.54) is 0 Å². The molecule has 8 heteroatoms. The molecule has 78 valence electrons. The second-order valence-electron chi connectivity index (χ2n) is 2.50. The molecule has 0 saturated carbocycles. The number of primary amides is 1. The van der Waals surface area contributed by atoms with Crippen LogP contribution in [0.4, 0.5) is 0 Å². The van der Waals surface area contributed by atoms with Gasteiger partial charge < -0.3 is 25.4 Å². The largest absolute Gasteiger partial charge is 0.414 e. The molecule has 14 heavy (non-hydrogen) atoms. The Morgan fingerprint density at radius 3 is 1.79 bits per heavy atom. The van der Waals surface area contributed by atoms with Crippen molar-refractivity contribution in [1.82, 2.24) is 0 Å². The van der Waals surface area contributed by atoms with Gasteiger partial charge >= 0.3 is 18.2 Å². The Bertz CT molecular complexity index is 266. The molecule has 1 aliphatic heterocycles.